The van der Waals surface area contributed by atoms with Crippen molar-refractivity contribution in [1.82, 2.24) is 9.80 Å². The highest BCUT2D eigenvalue weighted by Gasteiger charge is 2.54. The highest BCUT2D eigenvalue weighted by Crippen LogP contribution is 2.43. The lowest BCUT2D eigenvalue weighted by Gasteiger charge is -2.26. The zero-order valence-corrected chi connectivity index (χ0v) is 13.2. The molecule has 0 aliphatic carbocycles. The molecule has 0 aromatic carbocycles. The van der Waals surface area contributed by atoms with Crippen LogP contribution in [0.1, 0.15) is 47.5 Å². The maximum absolute atomic E-state index is 12.6. The molecule has 0 radical (unpaired) electrons. The van der Waals surface area contributed by atoms with Crippen LogP contribution in [-0.4, -0.2) is 53.1 Å². The molecular formula is C15H26N2O3. The van der Waals surface area contributed by atoms with Gasteiger partial charge in [-0.15, -0.1) is 0 Å². The number of amides is 2. The predicted molar refractivity (Wildman–Crippen MR) is 76.3 cm³/mol. The van der Waals surface area contributed by atoms with Gasteiger partial charge in [0.05, 0.1) is 5.41 Å². The van der Waals surface area contributed by atoms with Crippen molar-refractivity contribution in [2.75, 3.05) is 19.6 Å². The Balaban J connectivity index is 2.06. The van der Waals surface area contributed by atoms with E-state index in [1.165, 1.54) is 0 Å². The van der Waals surface area contributed by atoms with Crippen LogP contribution >= 0.6 is 0 Å². The van der Waals surface area contributed by atoms with Crippen molar-refractivity contribution in [3.05, 3.63) is 0 Å². The summed E-state index contributed by atoms with van der Waals surface area (Å²) in [5.74, 6) is 0.207. The second kappa shape index (κ2) is 4.93. The lowest BCUT2D eigenvalue weighted by Crippen LogP contribution is -2.40. The summed E-state index contributed by atoms with van der Waals surface area (Å²) in [6, 6.07) is 0.270. The summed E-state index contributed by atoms with van der Waals surface area (Å²) in [6.07, 6.45) is 1.30. The molecule has 0 aromatic heterocycles. The van der Waals surface area contributed by atoms with Gasteiger partial charge in [-0.2, -0.15) is 0 Å². The summed E-state index contributed by atoms with van der Waals surface area (Å²) >= 11 is 0. The normalized spacial score (nSPS) is 30.4. The molecule has 2 heterocycles. The Bertz CT molecular complexity index is 416. The Labute approximate surface area is 121 Å². The van der Waals surface area contributed by atoms with Gasteiger partial charge in [0.25, 0.3) is 0 Å². The number of ether oxygens (including phenoxy) is 1. The van der Waals surface area contributed by atoms with E-state index in [0.29, 0.717) is 13.1 Å². The standard InChI is InChI=1S/C15H26N2O3/c1-6-17-11(2)9-15(12(17)18)7-8-16(10-15)13(19)20-14(3,4)5/h11H,6-10H2,1-5H3. The van der Waals surface area contributed by atoms with Crippen LogP contribution in [0.4, 0.5) is 4.79 Å². The van der Waals surface area contributed by atoms with Crippen molar-refractivity contribution in [1.29, 1.82) is 0 Å². The molecule has 2 aliphatic heterocycles. The lowest BCUT2D eigenvalue weighted by atomic mass is 9.84. The van der Waals surface area contributed by atoms with Gasteiger partial charge < -0.3 is 14.5 Å². The number of nitrogens with zero attached hydrogens (tertiary/aromatic N) is 2. The maximum Gasteiger partial charge on any atom is 0.410 e. The molecule has 2 fully saturated rings. The van der Waals surface area contributed by atoms with Gasteiger partial charge in [-0.1, -0.05) is 0 Å². The fraction of sp³-hybridized carbons (Fsp3) is 0.867. The van der Waals surface area contributed by atoms with Crippen LogP contribution in [-0.2, 0) is 9.53 Å². The Hall–Kier alpha value is -1.26. The summed E-state index contributed by atoms with van der Waals surface area (Å²) in [7, 11) is 0. The largest absolute Gasteiger partial charge is 0.444 e. The quantitative estimate of drug-likeness (QED) is 0.741. The molecule has 2 amide bonds. The molecule has 0 saturated carbocycles. The predicted octanol–water partition coefficient (Wildman–Crippen LogP) is 2.25. The van der Waals surface area contributed by atoms with E-state index in [1.54, 1.807) is 4.90 Å². The van der Waals surface area contributed by atoms with Gasteiger partial charge in [0.2, 0.25) is 5.91 Å². The van der Waals surface area contributed by atoms with Crippen LogP contribution in [0.25, 0.3) is 0 Å². The minimum atomic E-state index is -0.491. The molecule has 2 aliphatic rings. The van der Waals surface area contributed by atoms with E-state index < -0.39 is 5.60 Å². The Morgan fingerprint density at radius 1 is 1.45 bits per heavy atom. The average molecular weight is 282 g/mol. The molecule has 2 rings (SSSR count). The van der Waals surface area contributed by atoms with E-state index in [1.807, 2.05) is 32.6 Å². The summed E-state index contributed by atoms with van der Waals surface area (Å²) in [5.41, 5.74) is -0.860. The molecule has 0 bridgehead atoms. The van der Waals surface area contributed by atoms with E-state index >= 15 is 0 Å². The first-order chi connectivity index (χ1) is 9.18. The number of likely N-dealkylation sites (tertiary alicyclic amines) is 2. The minimum Gasteiger partial charge on any atom is -0.444 e. The molecule has 2 unspecified atom stereocenters. The highest BCUT2D eigenvalue weighted by molar-refractivity contribution is 5.87. The molecule has 2 atom stereocenters. The lowest BCUT2D eigenvalue weighted by molar-refractivity contribution is -0.135. The molecule has 5 nitrogen and oxygen atoms in total. The van der Waals surface area contributed by atoms with Crippen LogP contribution in [0, 0.1) is 5.41 Å². The van der Waals surface area contributed by atoms with E-state index in [0.717, 1.165) is 19.4 Å². The van der Waals surface area contributed by atoms with Gasteiger partial charge in [0.1, 0.15) is 5.60 Å². The van der Waals surface area contributed by atoms with Crippen LogP contribution in [0.15, 0.2) is 0 Å². The van der Waals surface area contributed by atoms with Crippen LogP contribution in [0.2, 0.25) is 0 Å². The van der Waals surface area contributed by atoms with Crippen LogP contribution in [0.5, 0.6) is 0 Å². The molecule has 20 heavy (non-hydrogen) atoms. The summed E-state index contributed by atoms with van der Waals surface area (Å²) in [5, 5.41) is 0. The fourth-order valence-electron chi connectivity index (χ4n) is 3.42. The van der Waals surface area contributed by atoms with E-state index in [-0.39, 0.29) is 23.5 Å². The number of carbonyl (C=O) groups excluding carboxylic acids is 2. The summed E-state index contributed by atoms with van der Waals surface area (Å²) < 4.78 is 5.40. The zero-order valence-electron chi connectivity index (χ0n) is 13.2. The van der Waals surface area contributed by atoms with Crippen LogP contribution in [0.3, 0.4) is 0 Å². The van der Waals surface area contributed by atoms with Crippen molar-refractivity contribution in [3.8, 4) is 0 Å². The Kier molecular flexibility index (Phi) is 3.73. The van der Waals surface area contributed by atoms with Gasteiger partial charge in [-0.25, -0.2) is 4.79 Å². The van der Waals surface area contributed by atoms with E-state index in [4.69, 9.17) is 4.74 Å². The van der Waals surface area contributed by atoms with Crippen molar-refractivity contribution in [2.45, 2.75) is 59.1 Å². The van der Waals surface area contributed by atoms with Gasteiger partial charge in [-0.05, 0) is 47.5 Å². The summed E-state index contributed by atoms with van der Waals surface area (Å²) in [6.45, 7) is 11.5. The number of hydrogen-bond donors (Lipinski definition) is 0. The molecule has 2 saturated heterocycles. The van der Waals surface area contributed by atoms with Gasteiger partial charge in [-0.3, -0.25) is 4.79 Å². The third kappa shape index (κ3) is 2.63. The van der Waals surface area contributed by atoms with Gasteiger partial charge >= 0.3 is 6.09 Å². The molecule has 114 valence electrons. The van der Waals surface area contributed by atoms with Crippen molar-refractivity contribution in [2.24, 2.45) is 5.41 Å². The molecule has 0 N–H and O–H groups in total. The molecule has 0 aromatic rings. The zero-order chi connectivity index (χ0) is 15.1. The van der Waals surface area contributed by atoms with Crippen molar-refractivity contribution >= 4 is 12.0 Å². The smallest absolute Gasteiger partial charge is 0.410 e. The molecule has 1 spiro atoms. The van der Waals surface area contributed by atoms with E-state index in [2.05, 4.69) is 6.92 Å². The third-order valence-electron chi connectivity index (χ3n) is 4.28. The third-order valence-corrected chi connectivity index (χ3v) is 4.28. The molecular weight excluding hydrogens is 256 g/mol. The SMILES string of the molecule is CCN1C(=O)C2(CCN(C(=O)OC(C)(C)C)C2)CC1C. The first-order valence-corrected chi connectivity index (χ1v) is 7.47. The van der Waals surface area contributed by atoms with Crippen molar-refractivity contribution in [3.63, 3.8) is 0 Å². The number of hydrogen-bond acceptors (Lipinski definition) is 3. The Morgan fingerprint density at radius 3 is 2.60 bits per heavy atom. The highest BCUT2D eigenvalue weighted by atomic mass is 16.6. The monoisotopic (exact) mass is 282 g/mol. The first kappa shape index (κ1) is 15.1. The second-order valence-electron chi connectivity index (χ2n) is 7.08. The Morgan fingerprint density at radius 2 is 2.10 bits per heavy atom. The van der Waals surface area contributed by atoms with Gasteiger partial charge in [0, 0.05) is 25.7 Å². The van der Waals surface area contributed by atoms with Crippen molar-refractivity contribution < 1.29 is 14.3 Å². The van der Waals surface area contributed by atoms with Crippen LogP contribution < -0.4 is 0 Å². The summed E-state index contributed by atoms with van der Waals surface area (Å²) in [4.78, 5) is 28.3. The average Bonchev–Trinajstić information content (AvgIpc) is 2.81. The number of carbonyl (C=O) groups is 2. The maximum atomic E-state index is 12.6. The minimum absolute atomic E-state index is 0.207. The molecule has 5 heteroatoms. The van der Waals surface area contributed by atoms with Gasteiger partial charge in [0.15, 0.2) is 0 Å². The number of rotatable bonds is 1. The first-order valence-electron chi connectivity index (χ1n) is 7.47. The fourth-order valence-corrected chi connectivity index (χ4v) is 3.42. The topological polar surface area (TPSA) is 49.9 Å². The van der Waals surface area contributed by atoms with E-state index in [9.17, 15) is 9.59 Å². The second-order valence-corrected chi connectivity index (χ2v) is 7.08.